The lowest BCUT2D eigenvalue weighted by Crippen LogP contribution is -2.30. The van der Waals surface area contributed by atoms with Crippen LogP contribution in [0.2, 0.25) is 0 Å². The van der Waals surface area contributed by atoms with Crippen molar-refractivity contribution in [1.29, 1.82) is 0 Å². The van der Waals surface area contributed by atoms with Gasteiger partial charge in [0.1, 0.15) is 6.54 Å². The van der Waals surface area contributed by atoms with Gasteiger partial charge in [0.2, 0.25) is 0 Å². The van der Waals surface area contributed by atoms with Crippen LogP contribution < -0.4 is 15.1 Å². The molecule has 0 spiro atoms. The first-order chi connectivity index (χ1) is 16.0. The average molecular weight is 446 g/mol. The maximum absolute atomic E-state index is 12.5. The molecule has 0 radical (unpaired) electrons. The quantitative estimate of drug-likeness (QED) is 0.432. The molecule has 0 fully saturated rings. The Bertz CT molecular complexity index is 982. The van der Waals surface area contributed by atoms with E-state index in [9.17, 15) is 9.59 Å². The van der Waals surface area contributed by atoms with Crippen LogP contribution in [0.1, 0.15) is 20.8 Å². The molecule has 0 heterocycles. The summed E-state index contributed by atoms with van der Waals surface area (Å²) in [7, 11) is 0. The molecule has 3 aromatic carbocycles. The molecule has 0 saturated carbocycles. The summed E-state index contributed by atoms with van der Waals surface area (Å²) in [6.45, 7) is 6.96. The normalized spacial score (nSPS) is 10.5. The summed E-state index contributed by atoms with van der Waals surface area (Å²) in [6, 6.07) is 27.2. The van der Waals surface area contributed by atoms with Gasteiger partial charge in [-0.15, -0.1) is 0 Å². The molecule has 3 rings (SSSR count). The second-order valence-electron chi connectivity index (χ2n) is 7.89. The summed E-state index contributed by atoms with van der Waals surface area (Å²) >= 11 is 0. The van der Waals surface area contributed by atoms with E-state index in [1.807, 2.05) is 89.8 Å². The van der Waals surface area contributed by atoms with Crippen LogP contribution in [0.25, 0.3) is 0 Å². The van der Waals surface area contributed by atoms with Crippen molar-refractivity contribution in [2.24, 2.45) is 0 Å². The molecule has 0 aliphatic rings. The van der Waals surface area contributed by atoms with E-state index >= 15 is 0 Å². The summed E-state index contributed by atoms with van der Waals surface area (Å²) in [5.41, 5.74) is 3.49. The number of nitrogens with one attached hydrogen (secondary N) is 1. The number of benzene rings is 3. The van der Waals surface area contributed by atoms with Crippen LogP contribution in [0, 0.1) is 0 Å². The highest BCUT2D eigenvalue weighted by molar-refractivity contribution is 5.93. The van der Waals surface area contributed by atoms with E-state index in [0.29, 0.717) is 11.7 Å². The van der Waals surface area contributed by atoms with Gasteiger partial charge < -0.3 is 19.9 Å². The lowest BCUT2D eigenvalue weighted by Gasteiger charge is -2.27. The Labute approximate surface area is 195 Å². The fourth-order valence-electron chi connectivity index (χ4n) is 3.65. The third-order valence-electron chi connectivity index (χ3n) is 5.23. The number of ether oxygens (including phenoxy) is 1. The number of anilines is 4. The number of hydrogen-bond donors (Lipinski definition) is 1. The molecule has 6 nitrogen and oxygen atoms in total. The lowest BCUT2D eigenvalue weighted by atomic mass is 10.2. The molecule has 1 N–H and O–H groups in total. The Kier molecular flexibility index (Phi) is 8.47. The monoisotopic (exact) mass is 445 g/mol. The molecule has 0 aliphatic carbocycles. The fourth-order valence-corrected chi connectivity index (χ4v) is 3.65. The van der Waals surface area contributed by atoms with E-state index in [4.69, 9.17) is 4.74 Å². The predicted octanol–water partition coefficient (Wildman–Crippen LogP) is 5.24. The predicted molar refractivity (Wildman–Crippen MR) is 134 cm³/mol. The van der Waals surface area contributed by atoms with Gasteiger partial charge in [-0.3, -0.25) is 9.59 Å². The van der Waals surface area contributed by atoms with Crippen LogP contribution in [0.4, 0.5) is 22.7 Å². The number of hydrogen-bond acceptors (Lipinski definition) is 5. The third kappa shape index (κ3) is 6.84. The minimum Gasteiger partial charge on any atom is -0.454 e. The van der Waals surface area contributed by atoms with Gasteiger partial charge in [0, 0.05) is 35.3 Å². The van der Waals surface area contributed by atoms with Crippen LogP contribution in [-0.4, -0.2) is 37.6 Å². The van der Waals surface area contributed by atoms with Gasteiger partial charge in [-0.25, -0.2) is 0 Å². The van der Waals surface area contributed by atoms with E-state index in [1.165, 1.54) is 0 Å². The Morgan fingerprint density at radius 1 is 0.818 bits per heavy atom. The number of nitrogens with zero attached hydrogens (tertiary/aromatic N) is 2. The van der Waals surface area contributed by atoms with Crippen molar-refractivity contribution >= 4 is 34.6 Å². The highest BCUT2D eigenvalue weighted by atomic mass is 16.5. The first-order valence-electron chi connectivity index (χ1n) is 11.2. The molecular weight excluding hydrogens is 414 g/mol. The summed E-state index contributed by atoms with van der Waals surface area (Å²) in [4.78, 5) is 29.0. The molecule has 33 heavy (non-hydrogen) atoms. The van der Waals surface area contributed by atoms with Crippen molar-refractivity contribution < 1.29 is 14.3 Å². The van der Waals surface area contributed by atoms with Crippen LogP contribution in [-0.2, 0) is 14.3 Å². The van der Waals surface area contributed by atoms with Gasteiger partial charge >= 0.3 is 5.97 Å². The van der Waals surface area contributed by atoms with Gasteiger partial charge in [-0.2, -0.15) is 0 Å². The Balaban J connectivity index is 1.55. The van der Waals surface area contributed by atoms with Gasteiger partial charge in [0.25, 0.3) is 5.91 Å². The average Bonchev–Trinajstić information content (AvgIpc) is 2.83. The summed E-state index contributed by atoms with van der Waals surface area (Å²) in [5, 5.41) is 2.78. The highest BCUT2D eigenvalue weighted by Gasteiger charge is 2.16. The number of para-hydroxylation sites is 2. The van der Waals surface area contributed by atoms with E-state index in [1.54, 1.807) is 0 Å². The maximum atomic E-state index is 12.5. The fraction of sp³-hybridized carbons (Fsp3) is 0.259. The Morgan fingerprint density at radius 3 is 1.85 bits per heavy atom. The molecule has 0 aromatic heterocycles. The molecule has 0 bridgehead atoms. The summed E-state index contributed by atoms with van der Waals surface area (Å²) < 4.78 is 5.26. The SMILES string of the molecule is CCN(c1ccc(NC(=O)COC(=O)CN(c2ccccc2)c2ccccc2)cc1)C(C)C. The van der Waals surface area contributed by atoms with E-state index in [-0.39, 0.29) is 19.1 Å². The van der Waals surface area contributed by atoms with Crippen molar-refractivity contribution in [1.82, 2.24) is 0 Å². The van der Waals surface area contributed by atoms with Crippen molar-refractivity contribution in [3.63, 3.8) is 0 Å². The van der Waals surface area contributed by atoms with Crippen LogP contribution >= 0.6 is 0 Å². The largest absolute Gasteiger partial charge is 0.454 e. The van der Waals surface area contributed by atoms with Crippen LogP contribution in [0.5, 0.6) is 0 Å². The molecule has 0 unspecified atom stereocenters. The molecule has 0 aliphatic heterocycles. The summed E-state index contributed by atoms with van der Waals surface area (Å²) in [5.74, 6) is -0.859. The van der Waals surface area contributed by atoms with E-state index in [0.717, 1.165) is 23.6 Å². The Morgan fingerprint density at radius 2 is 1.36 bits per heavy atom. The molecule has 3 aromatic rings. The van der Waals surface area contributed by atoms with E-state index < -0.39 is 5.97 Å². The second kappa shape index (κ2) is 11.7. The van der Waals surface area contributed by atoms with Crippen molar-refractivity contribution in [3.05, 3.63) is 84.9 Å². The van der Waals surface area contributed by atoms with Gasteiger partial charge in [0.05, 0.1) is 0 Å². The number of amides is 1. The van der Waals surface area contributed by atoms with Gasteiger partial charge in [-0.05, 0) is 69.3 Å². The minimum absolute atomic E-state index is 0.00193. The highest BCUT2D eigenvalue weighted by Crippen LogP contribution is 2.24. The zero-order valence-electron chi connectivity index (χ0n) is 19.4. The lowest BCUT2D eigenvalue weighted by molar-refractivity contribution is -0.145. The van der Waals surface area contributed by atoms with Crippen molar-refractivity contribution in [3.8, 4) is 0 Å². The number of carbonyl (C=O) groups excluding carboxylic acids is 2. The summed E-state index contributed by atoms with van der Waals surface area (Å²) in [6.07, 6.45) is 0. The van der Waals surface area contributed by atoms with Crippen molar-refractivity contribution in [2.75, 3.05) is 34.8 Å². The van der Waals surface area contributed by atoms with Crippen molar-refractivity contribution in [2.45, 2.75) is 26.8 Å². The minimum atomic E-state index is -0.483. The first-order valence-corrected chi connectivity index (χ1v) is 11.2. The van der Waals surface area contributed by atoms with Gasteiger partial charge in [0.15, 0.2) is 6.61 Å². The van der Waals surface area contributed by atoms with Crippen LogP contribution in [0.15, 0.2) is 84.9 Å². The van der Waals surface area contributed by atoms with Gasteiger partial charge in [-0.1, -0.05) is 36.4 Å². The van der Waals surface area contributed by atoms with E-state index in [2.05, 4.69) is 31.0 Å². The number of rotatable bonds is 10. The first kappa shape index (κ1) is 23.9. The second-order valence-corrected chi connectivity index (χ2v) is 7.89. The zero-order valence-corrected chi connectivity index (χ0v) is 19.4. The third-order valence-corrected chi connectivity index (χ3v) is 5.23. The number of esters is 1. The molecule has 1 amide bonds. The number of carbonyl (C=O) groups is 2. The molecule has 0 saturated heterocycles. The topological polar surface area (TPSA) is 61.9 Å². The maximum Gasteiger partial charge on any atom is 0.326 e. The smallest absolute Gasteiger partial charge is 0.326 e. The standard InChI is InChI=1S/C27H31N3O3/c1-4-29(21(2)3)25-17-15-22(16-18-25)28-26(31)20-33-27(32)19-30(23-11-7-5-8-12-23)24-13-9-6-10-14-24/h5-18,21H,4,19-20H2,1-3H3,(H,28,31). The van der Waals surface area contributed by atoms with Crippen LogP contribution in [0.3, 0.4) is 0 Å². The Hall–Kier alpha value is -3.80. The zero-order chi connectivity index (χ0) is 23.6. The molecule has 172 valence electrons. The molecule has 0 atom stereocenters. The molecule has 6 heteroatoms. The molecular formula is C27H31N3O3.